The predicted molar refractivity (Wildman–Crippen MR) is 121 cm³/mol. The minimum atomic E-state index is -0.647. The number of carbonyl (C=O) groups is 2. The molecule has 31 heavy (non-hydrogen) atoms. The van der Waals surface area contributed by atoms with Gasteiger partial charge in [-0.2, -0.15) is 0 Å². The zero-order chi connectivity index (χ0) is 22.5. The molecule has 1 amide bonds. The van der Waals surface area contributed by atoms with Crippen LogP contribution in [0.4, 0.5) is 5.82 Å². The molecule has 1 atom stereocenters. The topological polar surface area (TPSA) is 103 Å². The van der Waals surface area contributed by atoms with Crippen molar-refractivity contribution in [1.29, 1.82) is 0 Å². The Balaban J connectivity index is 1.88. The SMILES string of the molecule is COC(=O)CCn1c(SC(C)C(=O)Nc2ncc(Cl)cc2Cl)nc2ccccc2c1=O. The number of fused-ring (bicyclic) bond motifs is 1. The normalized spacial score (nSPS) is 11.9. The molecule has 3 aromatic rings. The van der Waals surface area contributed by atoms with Gasteiger partial charge < -0.3 is 10.1 Å². The predicted octanol–water partition coefficient (Wildman–Crippen LogP) is 3.78. The standard InChI is InChI=1S/C20H18Cl2N4O4S/c1-11(18(28)25-17-14(22)9-12(21)10-23-17)31-20-24-15-6-4-3-5-13(15)19(29)26(20)8-7-16(27)30-2/h3-6,9-11H,7-8H2,1-2H3,(H,23,25,28). The number of para-hydroxylation sites is 1. The number of halogens is 2. The molecule has 0 saturated heterocycles. The number of esters is 1. The van der Waals surface area contributed by atoms with Gasteiger partial charge in [-0.15, -0.1) is 0 Å². The van der Waals surface area contributed by atoms with Gasteiger partial charge in [-0.3, -0.25) is 19.0 Å². The monoisotopic (exact) mass is 480 g/mol. The molecule has 0 aliphatic carbocycles. The first-order valence-electron chi connectivity index (χ1n) is 9.15. The maximum absolute atomic E-state index is 13.0. The van der Waals surface area contributed by atoms with E-state index in [1.807, 2.05) is 0 Å². The van der Waals surface area contributed by atoms with E-state index in [-0.39, 0.29) is 35.3 Å². The van der Waals surface area contributed by atoms with Crippen LogP contribution in [0.1, 0.15) is 13.3 Å². The van der Waals surface area contributed by atoms with E-state index in [0.29, 0.717) is 21.1 Å². The molecule has 3 rings (SSSR count). The summed E-state index contributed by atoms with van der Waals surface area (Å²) in [6.07, 6.45) is 1.37. The second kappa shape index (κ2) is 10.1. The van der Waals surface area contributed by atoms with Crippen LogP contribution in [0.5, 0.6) is 0 Å². The number of nitrogens with zero attached hydrogens (tertiary/aromatic N) is 3. The molecule has 11 heteroatoms. The summed E-state index contributed by atoms with van der Waals surface area (Å²) in [6, 6.07) is 8.36. The highest BCUT2D eigenvalue weighted by molar-refractivity contribution is 8.00. The lowest BCUT2D eigenvalue weighted by Crippen LogP contribution is -2.28. The number of hydrogen-bond acceptors (Lipinski definition) is 7. The van der Waals surface area contributed by atoms with Gasteiger partial charge in [0.1, 0.15) is 0 Å². The van der Waals surface area contributed by atoms with Crippen molar-refractivity contribution in [3.63, 3.8) is 0 Å². The Labute approximate surface area is 191 Å². The summed E-state index contributed by atoms with van der Waals surface area (Å²) < 4.78 is 6.05. The second-order valence-electron chi connectivity index (χ2n) is 6.43. The van der Waals surface area contributed by atoms with Gasteiger partial charge in [-0.1, -0.05) is 47.1 Å². The summed E-state index contributed by atoms with van der Waals surface area (Å²) in [7, 11) is 1.28. The Morgan fingerprint density at radius 1 is 1.29 bits per heavy atom. The molecule has 162 valence electrons. The summed E-state index contributed by atoms with van der Waals surface area (Å²) in [4.78, 5) is 45.8. The van der Waals surface area contributed by atoms with Crippen LogP contribution in [0, 0.1) is 0 Å². The molecular formula is C20H18Cl2N4O4S. The fourth-order valence-electron chi connectivity index (χ4n) is 2.68. The number of anilines is 1. The average Bonchev–Trinajstić information content (AvgIpc) is 2.75. The van der Waals surface area contributed by atoms with Crippen molar-refractivity contribution in [2.45, 2.75) is 30.3 Å². The quantitative estimate of drug-likeness (QED) is 0.311. The van der Waals surface area contributed by atoms with Crippen LogP contribution in [-0.2, 0) is 20.9 Å². The van der Waals surface area contributed by atoms with Crippen molar-refractivity contribution < 1.29 is 14.3 Å². The Kier molecular flexibility index (Phi) is 7.53. The highest BCUT2D eigenvalue weighted by Gasteiger charge is 2.21. The molecule has 0 fully saturated rings. The summed E-state index contributed by atoms with van der Waals surface area (Å²) in [5.74, 6) is -0.660. The van der Waals surface area contributed by atoms with Crippen molar-refractivity contribution in [3.05, 3.63) is 56.9 Å². The van der Waals surface area contributed by atoms with Crippen LogP contribution >= 0.6 is 35.0 Å². The first kappa shape index (κ1) is 23.1. The zero-order valence-electron chi connectivity index (χ0n) is 16.6. The first-order chi connectivity index (χ1) is 14.8. The molecule has 0 radical (unpaired) electrons. The van der Waals surface area contributed by atoms with E-state index in [2.05, 4.69) is 20.0 Å². The number of pyridine rings is 1. The van der Waals surface area contributed by atoms with Gasteiger partial charge >= 0.3 is 5.97 Å². The Morgan fingerprint density at radius 2 is 2.03 bits per heavy atom. The lowest BCUT2D eigenvalue weighted by atomic mass is 10.2. The minimum absolute atomic E-state index is 0.00509. The highest BCUT2D eigenvalue weighted by Crippen LogP contribution is 2.26. The van der Waals surface area contributed by atoms with Gasteiger partial charge in [0.25, 0.3) is 5.56 Å². The van der Waals surface area contributed by atoms with Gasteiger partial charge in [0.2, 0.25) is 5.91 Å². The fraction of sp³-hybridized carbons (Fsp3) is 0.250. The number of thioether (sulfide) groups is 1. The number of hydrogen-bond donors (Lipinski definition) is 1. The number of methoxy groups -OCH3 is 1. The van der Waals surface area contributed by atoms with Crippen LogP contribution in [-0.4, -0.2) is 38.8 Å². The summed E-state index contributed by atoms with van der Waals surface area (Å²) in [6.45, 7) is 1.74. The number of carbonyl (C=O) groups excluding carboxylic acids is 2. The van der Waals surface area contributed by atoms with Crippen molar-refractivity contribution in [2.75, 3.05) is 12.4 Å². The van der Waals surface area contributed by atoms with Gasteiger partial charge in [0.15, 0.2) is 11.0 Å². The smallest absolute Gasteiger partial charge is 0.307 e. The molecular weight excluding hydrogens is 463 g/mol. The number of rotatable bonds is 7. The number of ether oxygens (including phenoxy) is 1. The Bertz CT molecular complexity index is 1200. The van der Waals surface area contributed by atoms with Crippen molar-refractivity contribution in [1.82, 2.24) is 14.5 Å². The Morgan fingerprint density at radius 3 is 2.74 bits per heavy atom. The summed E-state index contributed by atoms with van der Waals surface area (Å²) >= 11 is 13.0. The van der Waals surface area contributed by atoms with Crippen LogP contribution in [0.3, 0.4) is 0 Å². The molecule has 2 heterocycles. The van der Waals surface area contributed by atoms with Crippen molar-refractivity contribution >= 4 is 63.6 Å². The average molecular weight is 481 g/mol. The molecule has 0 aliphatic rings. The lowest BCUT2D eigenvalue weighted by Gasteiger charge is -2.16. The minimum Gasteiger partial charge on any atom is -0.469 e. The molecule has 1 unspecified atom stereocenters. The van der Waals surface area contributed by atoms with Gasteiger partial charge in [-0.25, -0.2) is 9.97 Å². The van der Waals surface area contributed by atoms with E-state index in [4.69, 9.17) is 23.2 Å². The van der Waals surface area contributed by atoms with Crippen LogP contribution in [0.25, 0.3) is 10.9 Å². The van der Waals surface area contributed by atoms with E-state index in [9.17, 15) is 14.4 Å². The van der Waals surface area contributed by atoms with Crippen LogP contribution in [0.2, 0.25) is 10.0 Å². The van der Waals surface area contributed by atoms with Crippen molar-refractivity contribution in [2.24, 2.45) is 0 Å². The number of amides is 1. The molecule has 0 saturated carbocycles. The highest BCUT2D eigenvalue weighted by atomic mass is 35.5. The Hall–Kier alpha value is -2.62. The largest absolute Gasteiger partial charge is 0.469 e. The molecule has 8 nitrogen and oxygen atoms in total. The fourth-order valence-corrected chi connectivity index (χ4v) is 4.04. The molecule has 1 N–H and O–H groups in total. The second-order valence-corrected chi connectivity index (χ2v) is 8.58. The van der Waals surface area contributed by atoms with E-state index >= 15 is 0 Å². The molecule has 0 spiro atoms. The molecule has 0 bridgehead atoms. The maximum Gasteiger partial charge on any atom is 0.307 e. The lowest BCUT2D eigenvalue weighted by molar-refractivity contribution is -0.140. The third kappa shape index (κ3) is 5.55. The third-order valence-electron chi connectivity index (χ3n) is 4.29. The van der Waals surface area contributed by atoms with Gasteiger partial charge in [0, 0.05) is 12.7 Å². The van der Waals surface area contributed by atoms with E-state index in [1.165, 1.54) is 23.9 Å². The summed E-state index contributed by atoms with van der Waals surface area (Å²) in [5, 5.41) is 3.28. The van der Waals surface area contributed by atoms with E-state index < -0.39 is 11.2 Å². The number of nitrogens with one attached hydrogen (secondary N) is 1. The van der Waals surface area contributed by atoms with E-state index in [0.717, 1.165) is 11.8 Å². The van der Waals surface area contributed by atoms with Crippen molar-refractivity contribution in [3.8, 4) is 0 Å². The third-order valence-corrected chi connectivity index (χ3v) is 5.88. The first-order valence-corrected chi connectivity index (χ1v) is 10.8. The van der Waals surface area contributed by atoms with Crippen LogP contribution in [0.15, 0.2) is 46.5 Å². The van der Waals surface area contributed by atoms with Gasteiger partial charge in [0.05, 0.1) is 39.7 Å². The number of benzene rings is 1. The number of aromatic nitrogens is 3. The zero-order valence-corrected chi connectivity index (χ0v) is 18.9. The molecule has 0 aliphatic heterocycles. The van der Waals surface area contributed by atoms with Gasteiger partial charge in [-0.05, 0) is 25.1 Å². The van der Waals surface area contributed by atoms with Crippen LogP contribution < -0.4 is 10.9 Å². The summed E-state index contributed by atoms with van der Waals surface area (Å²) in [5.41, 5.74) is 0.200. The van der Waals surface area contributed by atoms with E-state index in [1.54, 1.807) is 31.2 Å². The molecule has 2 aromatic heterocycles. The molecule has 1 aromatic carbocycles. The maximum atomic E-state index is 13.0.